The summed E-state index contributed by atoms with van der Waals surface area (Å²) in [6, 6.07) is -2.78. The summed E-state index contributed by atoms with van der Waals surface area (Å²) in [7, 11) is 1.32. The summed E-state index contributed by atoms with van der Waals surface area (Å²) >= 11 is 0. The van der Waals surface area contributed by atoms with E-state index >= 15 is 0 Å². The Morgan fingerprint density at radius 2 is 1.17 bits per heavy atom. The summed E-state index contributed by atoms with van der Waals surface area (Å²) in [4.78, 5) is 23.7. The molecule has 18 heteroatoms. The third-order valence-electron chi connectivity index (χ3n) is 7.05. The van der Waals surface area contributed by atoms with E-state index in [2.05, 4.69) is 10.6 Å². The van der Waals surface area contributed by atoms with E-state index in [1.165, 1.54) is 7.11 Å². The van der Waals surface area contributed by atoms with Crippen molar-refractivity contribution in [2.75, 3.05) is 26.9 Å². The van der Waals surface area contributed by atoms with Crippen molar-refractivity contribution < 1.29 is 78.9 Å². The van der Waals surface area contributed by atoms with Gasteiger partial charge in [0.05, 0.1) is 19.8 Å². The van der Waals surface area contributed by atoms with Gasteiger partial charge in [0.2, 0.25) is 11.8 Å². The number of aliphatic hydroxyl groups excluding tert-OH is 8. The Morgan fingerprint density at radius 3 is 1.73 bits per heavy atom. The lowest BCUT2D eigenvalue weighted by atomic mass is 9.94. The van der Waals surface area contributed by atoms with E-state index in [4.69, 9.17) is 28.4 Å². The number of aliphatic hydroxyl groups is 8. The average molecular weight is 601 g/mol. The molecule has 0 aromatic carbocycles. The molecular formula is C23H40N2O16. The second-order valence-electron chi connectivity index (χ2n) is 10.1. The second kappa shape index (κ2) is 14.7. The van der Waals surface area contributed by atoms with Gasteiger partial charge in [-0.15, -0.1) is 0 Å². The Hall–Kier alpha value is -1.62. The summed E-state index contributed by atoms with van der Waals surface area (Å²) in [6.45, 7) is 0.545. The molecule has 10 N–H and O–H groups in total. The quantitative estimate of drug-likeness (QED) is 0.112. The summed E-state index contributed by atoms with van der Waals surface area (Å²) in [5.41, 5.74) is 0. The molecule has 3 fully saturated rings. The summed E-state index contributed by atoms with van der Waals surface area (Å²) < 4.78 is 33.3. The van der Waals surface area contributed by atoms with Gasteiger partial charge >= 0.3 is 0 Å². The number of nitrogens with one attached hydrogen (secondary N) is 2. The monoisotopic (exact) mass is 600 g/mol. The zero-order valence-corrected chi connectivity index (χ0v) is 22.6. The molecule has 0 aliphatic carbocycles. The first-order valence-corrected chi connectivity index (χ1v) is 12.9. The fourth-order valence-electron chi connectivity index (χ4n) is 5.02. The molecule has 0 spiro atoms. The van der Waals surface area contributed by atoms with Gasteiger partial charge < -0.3 is 79.9 Å². The SMILES string of the molecule is COC[C@H]1O[C@@H](O)[C@H](NC(C)=O)[C@@H](O)[C@@H]1O[C@@H]1O[C@H](CO)[C@@H](O[C@@H]2O[C@H](CO)[C@@H](O)[C@H](O)[C@@H]2O)[C@H](O)[C@H]1NC(C)=O. The van der Waals surface area contributed by atoms with Gasteiger partial charge in [0.1, 0.15) is 73.1 Å². The van der Waals surface area contributed by atoms with Gasteiger partial charge in [-0.25, -0.2) is 0 Å². The Bertz CT molecular complexity index is 868. The van der Waals surface area contributed by atoms with Gasteiger partial charge in [-0.1, -0.05) is 0 Å². The third-order valence-corrected chi connectivity index (χ3v) is 7.05. The van der Waals surface area contributed by atoms with Crippen molar-refractivity contribution >= 4 is 11.8 Å². The molecule has 3 rings (SSSR count). The second-order valence-corrected chi connectivity index (χ2v) is 10.1. The molecule has 3 aliphatic rings. The zero-order valence-electron chi connectivity index (χ0n) is 22.6. The molecule has 0 unspecified atom stereocenters. The lowest BCUT2D eigenvalue weighted by molar-refractivity contribution is -0.361. The maximum absolute atomic E-state index is 12.1. The highest BCUT2D eigenvalue weighted by atomic mass is 16.7. The van der Waals surface area contributed by atoms with Gasteiger partial charge in [0, 0.05) is 21.0 Å². The van der Waals surface area contributed by atoms with Crippen molar-refractivity contribution in [2.45, 2.75) is 106 Å². The van der Waals surface area contributed by atoms with E-state index < -0.39 is 117 Å². The van der Waals surface area contributed by atoms with Crippen molar-refractivity contribution in [3.8, 4) is 0 Å². The van der Waals surface area contributed by atoms with E-state index in [9.17, 15) is 50.4 Å². The molecule has 0 radical (unpaired) electrons. The maximum Gasteiger partial charge on any atom is 0.217 e. The smallest absolute Gasteiger partial charge is 0.217 e. The van der Waals surface area contributed by atoms with E-state index in [0.717, 1.165) is 13.8 Å². The summed E-state index contributed by atoms with van der Waals surface area (Å²) in [5, 5.41) is 87.4. The Morgan fingerprint density at radius 1 is 0.659 bits per heavy atom. The number of methoxy groups -OCH3 is 1. The van der Waals surface area contributed by atoms with Crippen LogP contribution in [0, 0.1) is 0 Å². The predicted octanol–water partition coefficient (Wildman–Crippen LogP) is -6.63. The number of carbonyl (C=O) groups excluding carboxylic acids is 2. The average Bonchev–Trinajstić information content (AvgIpc) is 2.91. The van der Waals surface area contributed by atoms with Crippen LogP contribution in [0.2, 0.25) is 0 Å². The van der Waals surface area contributed by atoms with Crippen LogP contribution in [0.1, 0.15) is 13.8 Å². The predicted molar refractivity (Wildman–Crippen MR) is 129 cm³/mol. The van der Waals surface area contributed by atoms with Gasteiger partial charge in [0.15, 0.2) is 18.9 Å². The molecule has 2 amide bonds. The first-order chi connectivity index (χ1) is 19.3. The maximum atomic E-state index is 12.1. The van der Waals surface area contributed by atoms with Crippen LogP contribution in [0.3, 0.4) is 0 Å². The standard InChI is InChI=1S/C23H40N2O16/c1-7(28)24-12-15(31)20(11(6-36-3)37-21(12)35)40-22-13(25-8(2)29)16(32)19(10(5-27)39-22)41-23-18(34)17(33)14(30)9(4-26)38-23/h9-23,26-27,30-35H,4-6H2,1-3H3,(H,24,28)(H,25,29)/t9-,10-,11-,12-,13-,14-,15-,16-,17+,18+,19-,20-,21-,22+,23+/m1/s1. The fraction of sp³-hybridized carbons (Fsp3) is 0.913. The topological polar surface area (TPSA) is 275 Å². The first kappa shape index (κ1) is 33.9. The largest absolute Gasteiger partial charge is 0.394 e. The van der Waals surface area contributed by atoms with Crippen LogP contribution < -0.4 is 10.6 Å². The molecular weight excluding hydrogens is 560 g/mol. The number of hydrogen-bond acceptors (Lipinski definition) is 16. The molecule has 3 aliphatic heterocycles. The van der Waals surface area contributed by atoms with Crippen molar-refractivity contribution in [1.82, 2.24) is 10.6 Å². The van der Waals surface area contributed by atoms with E-state index in [-0.39, 0.29) is 6.61 Å². The van der Waals surface area contributed by atoms with E-state index in [0.29, 0.717) is 0 Å². The Labute approximate surface area is 234 Å². The Balaban J connectivity index is 1.86. The van der Waals surface area contributed by atoms with Crippen molar-refractivity contribution in [3.63, 3.8) is 0 Å². The minimum Gasteiger partial charge on any atom is -0.394 e. The van der Waals surface area contributed by atoms with Crippen molar-refractivity contribution in [2.24, 2.45) is 0 Å². The van der Waals surface area contributed by atoms with Crippen molar-refractivity contribution in [3.05, 3.63) is 0 Å². The Kier molecular flexibility index (Phi) is 12.2. The van der Waals surface area contributed by atoms with Gasteiger partial charge in [0.25, 0.3) is 0 Å². The number of amides is 2. The van der Waals surface area contributed by atoms with Crippen LogP contribution in [0.4, 0.5) is 0 Å². The van der Waals surface area contributed by atoms with Gasteiger partial charge in [-0.2, -0.15) is 0 Å². The molecule has 3 saturated heterocycles. The highest BCUT2D eigenvalue weighted by molar-refractivity contribution is 5.73. The molecule has 15 atom stereocenters. The third kappa shape index (κ3) is 7.67. The highest BCUT2D eigenvalue weighted by Crippen LogP contribution is 2.32. The van der Waals surface area contributed by atoms with Crippen LogP contribution in [-0.2, 0) is 38.0 Å². The molecule has 3 heterocycles. The minimum absolute atomic E-state index is 0.196. The molecule has 41 heavy (non-hydrogen) atoms. The number of rotatable bonds is 10. The molecule has 0 bridgehead atoms. The molecule has 0 aromatic rings. The number of hydrogen-bond donors (Lipinski definition) is 10. The van der Waals surface area contributed by atoms with Gasteiger partial charge in [-0.05, 0) is 0 Å². The number of ether oxygens (including phenoxy) is 6. The van der Waals surface area contributed by atoms with Crippen LogP contribution in [0.15, 0.2) is 0 Å². The van der Waals surface area contributed by atoms with Gasteiger partial charge in [-0.3, -0.25) is 9.59 Å². The highest BCUT2D eigenvalue weighted by Gasteiger charge is 2.54. The van der Waals surface area contributed by atoms with Crippen molar-refractivity contribution in [1.29, 1.82) is 0 Å². The lowest BCUT2D eigenvalue weighted by Crippen LogP contribution is -2.70. The first-order valence-electron chi connectivity index (χ1n) is 12.9. The van der Waals surface area contributed by atoms with Crippen LogP contribution >= 0.6 is 0 Å². The lowest BCUT2D eigenvalue weighted by Gasteiger charge is -2.49. The molecule has 238 valence electrons. The summed E-state index contributed by atoms with van der Waals surface area (Å²) in [5.74, 6) is -1.24. The summed E-state index contributed by atoms with van der Waals surface area (Å²) in [6.07, 6.45) is -20.3. The van der Waals surface area contributed by atoms with Crippen LogP contribution in [-0.4, -0.2) is 172 Å². The van der Waals surface area contributed by atoms with E-state index in [1.54, 1.807) is 0 Å². The van der Waals surface area contributed by atoms with Crippen LogP contribution in [0.25, 0.3) is 0 Å². The molecule has 0 saturated carbocycles. The van der Waals surface area contributed by atoms with Crippen LogP contribution in [0.5, 0.6) is 0 Å². The fourth-order valence-corrected chi connectivity index (χ4v) is 5.02. The zero-order chi connectivity index (χ0) is 30.6. The minimum atomic E-state index is -1.84. The normalized spacial score (nSPS) is 45.2. The molecule has 0 aromatic heterocycles. The van der Waals surface area contributed by atoms with E-state index in [1.807, 2.05) is 0 Å². The molecule has 18 nitrogen and oxygen atoms in total. The number of carbonyl (C=O) groups is 2.